The van der Waals surface area contributed by atoms with Crippen LogP contribution in [0.4, 0.5) is 0 Å². The van der Waals surface area contributed by atoms with E-state index in [1.165, 1.54) is 38.7 Å². The number of benzene rings is 3. The van der Waals surface area contributed by atoms with E-state index in [9.17, 15) is 0 Å². The van der Waals surface area contributed by atoms with E-state index >= 15 is 0 Å². The number of nitrogens with zero attached hydrogens (tertiary/aromatic N) is 1. The minimum atomic E-state index is 0.785. The standard InChI is InChI=1S/C27H27ClN2/c1-3-20-9-12-27-26(17-20)24(18-30-27)13-14-29-19(2)23-10-7-21(8-11-23)15-22-5-4-6-25(28)16-22/h4-12,16-18,30H,3,13-15H2,1-2H3. The van der Waals surface area contributed by atoms with E-state index in [0.717, 1.165) is 36.5 Å². The Bertz CT molecular complexity index is 1170. The summed E-state index contributed by atoms with van der Waals surface area (Å²) in [4.78, 5) is 8.21. The molecule has 0 spiro atoms. The summed E-state index contributed by atoms with van der Waals surface area (Å²) in [6.45, 7) is 5.08. The van der Waals surface area contributed by atoms with Crippen LogP contribution in [0.25, 0.3) is 10.9 Å². The van der Waals surface area contributed by atoms with Crippen LogP contribution in [-0.4, -0.2) is 17.2 Å². The monoisotopic (exact) mass is 414 g/mol. The lowest BCUT2D eigenvalue weighted by atomic mass is 10.0. The molecule has 4 rings (SSSR count). The topological polar surface area (TPSA) is 28.1 Å². The Morgan fingerprint density at radius 3 is 2.50 bits per heavy atom. The SMILES string of the molecule is CCc1ccc2[nH]cc(CCN=C(C)c3ccc(Cc4cccc(Cl)c4)cc3)c2c1. The summed E-state index contributed by atoms with van der Waals surface area (Å²) >= 11 is 6.09. The van der Waals surface area contributed by atoms with Gasteiger partial charge in [0.1, 0.15) is 0 Å². The predicted molar refractivity (Wildman–Crippen MR) is 129 cm³/mol. The number of aromatic amines is 1. The molecular formula is C27H27ClN2. The van der Waals surface area contributed by atoms with E-state index in [0.29, 0.717) is 0 Å². The Balaban J connectivity index is 1.40. The molecule has 1 N–H and O–H groups in total. The zero-order chi connectivity index (χ0) is 20.9. The molecule has 4 aromatic rings. The number of rotatable bonds is 7. The summed E-state index contributed by atoms with van der Waals surface area (Å²) in [6.07, 6.45) is 5.01. The second kappa shape index (κ2) is 9.32. The number of halogens is 1. The molecule has 1 heterocycles. The quantitative estimate of drug-likeness (QED) is 0.314. The van der Waals surface area contributed by atoms with Crippen molar-refractivity contribution in [3.63, 3.8) is 0 Å². The number of fused-ring (bicyclic) bond motifs is 1. The average molecular weight is 415 g/mol. The van der Waals surface area contributed by atoms with Gasteiger partial charge in [-0.05, 0) is 78.3 Å². The van der Waals surface area contributed by atoms with Crippen LogP contribution in [-0.2, 0) is 19.3 Å². The average Bonchev–Trinajstić information content (AvgIpc) is 3.16. The first kappa shape index (κ1) is 20.4. The maximum absolute atomic E-state index is 6.09. The van der Waals surface area contributed by atoms with Crippen LogP contribution >= 0.6 is 11.6 Å². The molecule has 0 aliphatic heterocycles. The molecule has 0 unspecified atom stereocenters. The van der Waals surface area contributed by atoms with Gasteiger partial charge in [-0.1, -0.05) is 61.0 Å². The molecule has 0 saturated carbocycles. The number of H-pyrrole nitrogens is 1. The number of aryl methyl sites for hydroxylation is 1. The van der Waals surface area contributed by atoms with Crippen LogP contribution in [0.3, 0.4) is 0 Å². The van der Waals surface area contributed by atoms with Crippen molar-refractivity contribution in [3.8, 4) is 0 Å². The van der Waals surface area contributed by atoms with Crippen molar-refractivity contribution in [1.82, 2.24) is 4.98 Å². The highest BCUT2D eigenvalue weighted by Crippen LogP contribution is 2.21. The number of aliphatic imine (C=N–C) groups is 1. The van der Waals surface area contributed by atoms with E-state index in [1.807, 2.05) is 18.2 Å². The fourth-order valence-corrected chi connectivity index (χ4v) is 4.05. The first-order valence-corrected chi connectivity index (χ1v) is 10.9. The summed E-state index contributed by atoms with van der Waals surface area (Å²) in [7, 11) is 0. The lowest BCUT2D eigenvalue weighted by molar-refractivity contribution is 0.974. The molecule has 0 atom stereocenters. The van der Waals surface area contributed by atoms with Gasteiger partial charge in [-0.15, -0.1) is 0 Å². The lowest BCUT2D eigenvalue weighted by Gasteiger charge is -2.06. The van der Waals surface area contributed by atoms with Crippen molar-refractivity contribution >= 4 is 28.2 Å². The second-order valence-electron chi connectivity index (χ2n) is 7.77. The summed E-state index contributed by atoms with van der Waals surface area (Å²) < 4.78 is 0. The normalized spacial score (nSPS) is 11.9. The van der Waals surface area contributed by atoms with Crippen molar-refractivity contribution in [2.75, 3.05) is 6.54 Å². The second-order valence-corrected chi connectivity index (χ2v) is 8.20. The van der Waals surface area contributed by atoms with E-state index in [2.05, 4.69) is 73.6 Å². The van der Waals surface area contributed by atoms with Gasteiger partial charge in [0.15, 0.2) is 0 Å². The Hall–Kier alpha value is -2.84. The fourth-order valence-electron chi connectivity index (χ4n) is 3.83. The maximum atomic E-state index is 6.09. The highest BCUT2D eigenvalue weighted by atomic mass is 35.5. The predicted octanol–water partition coefficient (Wildman–Crippen LogP) is 7.03. The summed E-state index contributed by atoms with van der Waals surface area (Å²) in [6, 6.07) is 23.4. The van der Waals surface area contributed by atoms with Gasteiger partial charge in [-0.3, -0.25) is 4.99 Å². The van der Waals surface area contributed by atoms with Crippen LogP contribution < -0.4 is 0 Å². The van der Waals surface area contributed by atoms with Crippen LogP contribution in [0.15, 0.2) is 77.9 Å². The van der Waals surface area contributed by atoms with Gasteiger partial charge in [-0.25, -0.2) is 0 Å². The number of hydrogen-bond donors (Lipinski definition) is 1. The van der Waals surface area contributed by atoms with Gasteiger partial charge in [0.2, 0.25) is 0 Å². The van der Waals surface area contributed by atoms with Crippen molar-refractivity contribution in [3.05, 3.63) is 106 Å². The zero-order valence-electron chi connectivity index (χ0n) is 17.6. The molecular weight excluding hydrogens is 388 g/mol. The first-order chi connectivity index (χ1) is 14.6. The summed E-state index contributed by atoms with van der Waals surface area (Å²) in [5, 5.41) is 2.11. The third-order valence-corrected chi connectivity index (χ3v) is 5.87. The van der Waals surface area contributed by atoms with Crippen LogP contribution in [0.1, 0.15) is 41.7 Å². The minimum absolute atomic E-state index is 0.785. The summed E-state index contributed by atoms with van der Waals surface area (Å²) in [5.41, 5.74) is 8.69. The van der Waals surface area contributed by atoms with Gasteiger partial charge in [0.05, 0.1) is 0 Å². The highest BCUT2D eigenvalue weighted by molar-refractivity contribution is 6.30. The molecule has 3 aromatic carbocycles. The molecule has 1 aromatic heterocycles. The van der Waals surface area contributed by atoms with Crippen LogP contribution in [0, 0.1) is 0 Å². The molecule has 0 saturated heterocycles. The van der Waals surface area contributed by atoms with E-state index < -0.39 is 0 Å². The van der Waals surface area contributed by atoms with Crippen molar-refractivity contribution in [1.29, 1.82) is 0 Å². The largest absolute Gasteiger partial charge is 0.361 e. The number of hydrogen-bond acceptors (Lipinski definition) is 1. The molecule has 30 heavy (non-hydrogen) atoms. The molecule has 0 amide bonds. The van der Waals surface area contributed by atoms with Crippen molar-refractivity contribution in [2.45, 2.75) is 33.1 Å². The van der Waals surface area contributed by atoms with Gasteiger partial charge < -0.3 is 4.98 Å². The Kier molecular flexibility index (Phi) is 6.35. The molecule has 3 heteroatoms. The molecule has 0 radical (unpaired) electrons. The molecule has 2 nitrogen and oxygen atoms in total. The Labute approximate surface area is 183 Å². The van der Waals surface area contributed by atoms with Crippen LogP contribution in [0.2, 0.25) is 5.02 Å². The molecule has 0 fully saturated rings. The Morgan fingerprint density at radius 2 is 1.73 bits per heavy atom. The third kappa shape index (κ3) is 4.83. The maximum Gasteiger partial charge on any atom is 0.0456 e. The van der Waals surface area contributed by atoms with E-state index in [1.54, 1.807) is 0 Å². The van der Waals surface area contributed by atoms with E-state index in [4.69, 9.17) is 16.6 Å². The highest BCUT2D eigenvalue weighted by Gasteiger charge is 2.05. The number of nitrogens with one attached hydrogen (secondary N) is 1. The molecule has 0 aliphatic rings. The molecule has 152 valence electrons. The minimum Gasteiger partial charge on any atom is -0.361 e. The van der Waals surface area contributed by atoms with Gasteiger partial charge in [0, 0.05) is 34.4 Å². The number of aromatic nitrogens is 1. The molecule has 0 bridgehead atoms. The summed E-state index contributed by atoms with van der Waals surface area (Å²) in [5.74, 6) is 0. The van der Waals surface area contributed by atoms with Crippen molar-refractivity contribution < 1.29 is 0 Å². The third-order valence-electron chi connectivity index (χ3n) is 5.64. The van der Waals surface area contributed by atoms with Gasteiger partial charge in [-0.2, -0.15) is 0 Å². The fraction of sp³-hybridized carbons (Fsp3) is 0.222. The first-order valence-electron chi connectivity index (χ1n) is 10.6. The van der Waals surface area contributed by atoms with E-state index in [-0.39, 0.29) is 0 Å². The van der Waals surface area contributed by atoms with Gasteiger partial charge in [0.25, 0.3) is 0 Å². The van der Waals surface area contributed by atoms with Gasteiger partial charge >= 0.3 is 0 Å². The van der Waals surface area contributed by atoms with Crippen LogP contribution in [0.5, 0.6) is 0 Å². The lowest BCUT2D eigenvalue weighted by Crippen LogP contribution is -1.99. The zero-order valence-corrected chi connectivity index (χ0v) is 18.3. The van der Waals surface area contributed by atoms with Crippen molar-refractivity contribution in [2.24, 2.45) is 4.99 Å². The smallest absolute Gasteiger partial charge is 0.0456 e. The molecule has 0 aliphatic carbocycles. The Morgan fingerprint density at radius 1 is 0.933 bits per heavy atom.